The van der Waals surface area contributed by atoms with Crippen LogP contribution in [0, 0.1) is 0 Å². The highest BCUT2D eigenvalue weighted by Gasteiger charge is 2.13. The van der Waals surface area contributed by atoms with E-state index in [-0.39, 0.29) is 0 Å². The fourth-order valence-electron chi connectivity index (χ4n) is 0.803. The summed E-state index contributed by atoms with van der Waals surface area (Å²) in [5.74, 6) is 1.82. The van der Waals surface area contributed by atoms with Gasteiger partial charge in [0.15, 0.2) is 0 Å². The monoisotopic (exact) mass is 134 g/mol. The minimum absolute atomic E-state index is 0.482. The first kappa shape index (κ1) is 6.23. The Hall–Kier alpha value is 0.110. The molecule has 0 aliphatic carbocycles. The Morgan fingerprint density at radius 3 is 2.25 bits per heavy atom. The average molecular weight is 134 g/mol. The topological polar surface area (TPSA) is 21.5 Å². The molecule has 0 radical (unpaired) electrons. The highest BCUT2D eigenvalue weighted by atomic mass is 32.2. The molecule has 1 aliphatic heterocycles. The van der Waals surface area contributed by atoms with Crippen LogP contribution in [0.4, 0.5) is 0 Å². The van der Waals surface area contributed by atoms with Gasteiger partial charge in [-0.2, -0.15) is 0 Å². The van der Waals surface area contributed by atoms with Gasteiger partial charge in [-0.3, -0.25) is 4.21 Å². The lowest BCUT2D eigenvalue weighted by Crippen LogP contribution is -3.11. The highest BCUT2D eigenvalue weighted by Crippen LogP contribution is 1.80. The van der Waals surface area contributed by atoms with E-state index in [9.17, 15) is 4.21 Å². The zero-order valence-electron chi connectivity index (χ0n) is 5.14. The molecule has 0 aromatic rings. The van der Waals surface area contributed by atoms with Crippen LogP contribution in [0.15, 0.2) is 0 Å². The summed E-state index contributed by atoms with van der Waals surface area (Å²) >= 11 is 0. The third-order valence-corrected chi connectivity index (χ3v) is 2.83. The van der Waals surface area contributed by atoms with E-state index in [1.165, 1.54) is 4.90 Å². The zero-order chi connectivity index (χ0) is 5.98. The SMILES string of the molecule is C[NH+]1CCS(=O)CC1. The van der Waals surface area contributed by atoms with Gasteiger partial charge in [-0.15, -0.1) is 0 Å². The average Bonchev–Trinajstić information content (AvgIpc) is 1.77. The summed E-state index contributed by atoms with van der Waals surface area (Å²) in [5, 5.41) is 0. The molecule has 1 fully saturated rings. The fourth-order valence-corrected chi connectivity index (χ4v) is 2.16. The van der Waals surface area contributed by atoms with Crippen LogP contribution in [0.1, 0.15) is 0 Å². The highest BCUT2D eigenvalue weighted by molar-refractivity contribution is 7.85. The summed E-state index contributed by atoms with van der Waals surface area (Å²) in [6.45, 7) is 2.18. The lowest BCUT2D eigenvalue weighted by atomic mass is 10.6. The molecule has 1 saturated heterocycles. The van der Waals surface area contributed by atoms with E-state index >= 15 is 0 Å². The predicted octanol–water partition coefficient (Wildman–Crippen LogP) is -1.74. The Bertz CT molecular complexity index is 94.6. The summed E-state index contributed by atoms with van der Waals surface area (Å²) in [4.78, 5) is 1.52. The maximum absolute atomic E-state index is 10.7. The number of hydrogen-bond acceptors (Lipinski definition) is 1. The smallest absolute Gasteiger partial charge is 0.0886 e. The zero-order valence-corrected chi connectivity index (χ0v) is 5.96. The van der Waals surface area contributed by atoms with Crippen LogP contribution in [0.5, 0.6) is 0 Å². The van der Waals surface area contributed by atoms with Crippen molar-refractivity contribution in [2.24, 2.45) is 0 Å². The van der Waals surface area contributed by atoms with Gasteiger partial charge in [0, 0.05) is 10.8 Å². The van der Waals surface area contributed by atoms with Crippen molar-refractivity contribution >= 4 is 10.8 Å². The quantitative estimate of drug-likeness (QED) is 0.417. The Morgan fingerprint density at radius 1 is 1.38 bits per heavy atom. The van der Waals surface area contributed by atoms with Gasteiger partial charge in [0.2, 0.25) is 0 Å². The van der Waals surface area contributed by atoms with Crippen LogP contribution in [0.3, 0.4) is 0 Å². The van der Waals surface area contributed by atoms with Crippen LogP contribution < -0.4 is 4.90 Å². The summed E-state index contributed by atoms with van der Waals surface area (Å²) in [5.41, 5.74) is 0. The number of hydrogen-bond donors (Lipinski definition) is 1. The molecule has 48 valence electrons. The van der Waals surface area contributed by atoms with Crippen molar-refractivity contribution in [2.75, 3.05) is 31.6 Å². The lowest BCUT2D eigenvalue weighted by molar-refractivity contribution is -0.875. The van der Waals surface area contributed by atoms with Crippen molar-refractivity contribution in [3.8, 4) is 0 Å². The van der Waals surface area contributed by atoms with E-state index in [2.05, 4.69) is 7.05 Å². The van der Waals surface area contributed by atoms with E-state index in [1.54, 1.807) is 0 Å². The van der Waals surface area contributed by atoms with Crippen molar-refractivity contribution in [3.05, 3.63) is 0 Å². The van der Waals surface area contributed by atoms with E-state index < -0.39 is 10.8 Å². The molecule has 0 saturated carbocycles. The van der Waals surface area contributed by atoms with Crippen molar-refractivity contribution in [1.82, 2.24) is 0 Å². The Kier molecular flexibility index (Phi) is 2.02. The standard InChI is InChI=1S/C5H11NOS/c1-6-2-4-8(7)5-3-6/h2-5H2,1H3/p+1. The molecule has 0 aromatic heterocycles. The third-order valence-electron chi connectivity index (χ3n) is 1.51. The molecule has 0 aromatic carbocycles. The van der Waals surface area contributed by atoms with Gasteiger partial charge in [-0.05, 0) is 0 Å². The molecule has 0 amide bonds. The first-order chi connectivity index (χ1) is 3.79. The molecular formula is C5H12NOS+. The largest absolute Gasteiger partial charge is 0.336 e. The molecule has 1 rings (SSSR count). The summed E-state index contributed by atoms with van der Waals surface area (Å²) in [6, 6.07) is 0. The molecule has 0 unspecified atom stereocenters. The van der Waals surface area contributed by atoms with E-state index in [1.807, 2.05) is 0 Å². The van der Waals surface area contributed by atoms with Crippen LogP contribution in [0.25, 0.3) is 0 Å². The number of rotatable bonds is 0. The lowest BCUT2D eigenvalue weighted by Gasteiger charge is -2.17. The van der Waals surface area contributed by atoms with E-state index in [4.69, 9.17) is 0 Å². The molecule has 0 spiro atoms. The van der Waals surface area contributed by atoms with Crippen molar-refractivity contribution < 1.29 is 9.11 Å². The molecule has 1 heterocycles. The van der Waals surface area contributed by atoms with Gasteiger partial charge in [0.1, 0.15) is 0 Å². The molecule has 3 heteroatoms. The van der Waals surface area contributed by atoms with Crippen LogP contribution in [-0.4, -0.2) is 35.9 Å². The third kappa shape index (κ3) is 1.56. The Balaban J connectivity index is 2.29. The molecule has 1 aliphatic rings. The van der Waals surface area contributed by atoms with Gasteiger partial charge in [0.05, 0.1) is 31.6 Å². The fraction of sp³-hybridized carbons (Fsp3) is 1.00. The van der Waals surface area contributed by atoms with Crippen molar-refractivity contribution in [2.45, 2.75) is 0 Å². The first-order valence-electron chi connectivity index (χ1n) is 2.95. The van der Waals surface area contributed by atoms with Gasteiger partial charge in [-0.1, -0.05) is 0 Å². The summed E-state index contributed by atoms with van der Waals surface area (Å²) in [7, 11) is 1.67. The minimum Gasteiger partial charge on any atom is -0.336 e. The van der Waals surface area contributed by atoms with Gasteiger partial charge < -0.3 is 4.90 Å². The first-order valence-corrected chi connectivity index (χ1v) is 4.44. The predicted molar refractivity (Wildman–Crippen MR) is 34.5 cm³/mol. The van der Waals surface area contributed by atoms with Gasteiger partial charge in [0.25, 0.3) is 0 Å². The Morgan fingerprint density at radius 2 is 1.88 bits per heavy atom. The van der Waals surface area contributed by atoms with Crippen molar-refractivity contribution in [3.63, 3.8) is 0 Å². The summed E-state index contributed by atoms with van der Waals surface area (Å²) < 4.78 is 10.7. The van der Waals surface area contributed by atoms with Gasteiger partial charge in [-0.25, -0.2) is 0 Å². The molecule has 1 N–H and O–H groups in total. The Labute approximate surface area is 52.3 Å². The number of quaternary nitrogens is 1. The van der Waals surface area contributed by atoms with Crippen LogP contribution >= 0.6 is 0 Å². The maximum atomic E-state index is 10.7. The molecule has 2 nitrogen and oxygen atoms in total. The van der Waals surface area contributed by atoms with Crippen molar-refractivity contribution in [1.29, 1.82) is 0 Å². The molecule has 8 heavy (non-hydrogen) atoms. The van der Waals surface area contributed by atoms with E-state index in [0.29, 0.717) is 0 Å². The normalized spacial score (nSPS) is 39.6. The second-order valence-corrected chi connectivity index (χ2v) is 4.00. The van der Waals surface area contributed by atoms with E-state index in [0.717, 1.165) is 24.6 Å². The van der Waals surface area contributed by atoms with Crippen LogP contribution in [-0.2, 0) is 10.8 Å². The number of nitrogens with one attached hydrogen (secondary N) is 1. The molecule has 0 atom stereocenters. The maximum Gasteiger partial charge on any atom is 0.0886 e. The minimum atomic E-state index is -0.482. The molecular weight excluding hydrogens is 122 g/mol. The second kappa shape index (κ2) is 2.60. The van der Waals surface area contributed by atoms with Gasteiger partial charge >= 0.3 is 0 Å². The van der Waals surface area contributed by atoms with Crippen LogP contribution in [0.2, 0.25) is 0 Å². The second-order valence-electron chi connectivity index (χ2n) is 2.31. The molecule has 0 bridgehead atoms. The summed E-state index contributed by atoms with van der Waals surface area (Å²) in [6.07, 6.45) is 0.